The second-order valence-corrected chi connectivity index (χ2v) is 11.8. The van der Waals surface area contributed by atoms with Crippen molar-refractivity contribution in [1.82, 2.24) is 4.98 Å². The highest BCUT2D eigenvalue weighted by molar-refractivity contribution is 7.18. The maximum atomic E-state index is 13.6. The van der Waals surface area contributed by atoms with Gasteiger partial charge in [-0.3, -0.25) is 9.59 Å². The fourth-order valence-corrected chi connectivity index (χ4v) is 6.41. The van der Waals surface area contributed by atoms with E-state index in [1.165, 1.54) is 16.2 Å². The molecule has 206 valence electrons. The predicted octanol–water partition coefficient (Wildman–Crippen LogP) is 6.93. The molecular formula is C27H26F3N3O4S2. The minimum Gasteiger partial charge on any atom is -0.477 e. The van der Waals surface area contributed by atoms with Crippen LogP contribution >= 0.6 is 22.7 Å². The topological polar surface area (TPSA) is 99.6 Å². The molecule has 7 nitrogen and oxygen atoms in total. The highest BCUT2D eigenvalue weighted by Gasteiger charge is 2.44. The molecule has 0 atom stereocenters. The first-order chi connectivity index (χ1) is 18.6. The quantitative estimate of drug-likeness (QED) is 0.302. The molecule has 2 aromatic heterocycles. The lowest BCUT2D eigenvalue weighted by Crippen LogP contribution is -2.40. The van der Waals surface area contributed by atoms with Gasteiger partial charge in [-0.1, -0.05) is 12.1 Å². The normalized spacial score (nSPS) is 19.5. The number of aromatic carboxylic acids is 1. The molecule has 39 heavy (non-hydrogen) atoms. The van der Waals surface area contributed by atoms with E-state index in [4.69, 9.17) is 0 Å². The Morgan fingerprint density at radius 3 is 2.31 bits per heavy atom. The summed E-state index contributed by atoms with van der Waals surface area (Å²) in [6, 6.07) is 8.59. The molecule has 0 bridgehead atoms. The minimum absolute atomic E-state index is 0.0175. The zero-order valence-electron chi connectivity index (χ0n) is 20.7. The fraction of sp³-hybridized carbons (Fsp3) is 0.407. The van der Waals surface area contributed by atoms with Crippen LogP contribution in [0.4, 0.5) is 24.5 Å². The lowest BCUT2D eigenvalue weighted by atomic mass is 9.81. The number of aromatic nitrogens is 1. The van der Waals surface area contributed by atoms with Crippen LogP contribution < -0.4 is 10.2 Å². The van der Waals surface area contributed by atoms with Crippen molar-refractivity contribution in [3.63, 3.8) is 0 Å². The van der Waals surface area contributed by atoms with E-state index < -0.39 is 24.0 Å². The smallest absolute Gasteiger partial charge is 0.391 e. The molecule has 2 aliphatic carbocycles. The summed E-state index contributed by atoms with van der Waals surface area (Å²) in [4.78, 5) is 44.2. The standard InChI is InChI=1S/C27H26F3N3O4S2/c28-27(29,30)18-7-3-17(4-8-18)25(35)33(12-15-1-2-15)21-11-22(39-23(21)26(36)37)16-5-9-19(10-6-16)32-24(34)20-13-38-14-31-20/h5-6,9-11,13-15,17-18H,1-4,7-8,12H2,(H,32,34)(H,36,37). The number of carbonyl (C=O) groups is 3. The monoisotopic (exact) mass is 577 g/mol. The van der Waals surface area contributed by atoms with E-state index in [1.54, 1.807) is 41.2 Å². The van der Waals surface area contributed by atoms with Crippen molar-refractivity contribution in [2.75, 3.05) is 16.8 Å². The van der Waals surface area contributed by atoms with Crippen LogP contribution in [0.5, 0.6) is 0 Å². The summed E-state index contributed by atoms with van der Waals surface area (Å²) in [5.41, 5.74) is 3.43. The van der Waals surface area contributed by atoms with Gasteiger partial charge in [-0.25, -0.2) is 9.78 Å². The number of hydrogen-bond donors (Lipinski definition) is 2. The number of carboxylic acid groups (broad SMARTS) is 1. The van der Waals surface area contributed by atoms with E-state index in [1.807, 2.05) is 0 Å². The number of anilines is 2. The third kappa shape index (κ3) is 6.33. The van der Waals surface area contributed by atoms with E-state index in [0.717, 1.165) is 24.2 Å². The van der Waals surface area contributed by atoms with E-state index >= 15 is 0 Å². The fourth-order valence-electron chi connectivity index (χ4n) is 4.87. The van der Waals surface area contributed by atoms with Crippen molar-refractivity contribution in [2.45, 2.75) is 44.7 Å². The average Bonchev–Trinajstić information content (AvgIpc) is 3.37. The van der Waals surface area contributed by atoms with Gasteiger partial charge in [0.1, 0.15) is 10.6 Å². The average molecular weight is 578 g/mol. The van der Waals surface area contributed by atoms with Crippen LogP contribution in [0.2, 0.25) is 0 Å². The van der Waals surface area contributed by atoms with Crippen molar-refractivity contribution in [1.29, 1.82) is 0 Å². The van der Waals surface area contributed by atoms with E-state index in [2.05, 4.69) is 10.3 Å². The number of nitrogens with zero attached hydrogens (tertiary/aromatic N) is 2. The molecule has 0 radical (unpaired) electrons. The number of thiazole rings is 1. The maximum absolute atomic E-state index is 13.6. The molecule has 5 rings (SSSR count). The van der Waals surface area contributed by atoms with Gasteiger partial charge in [0.05, 0.1) is 17.1 Å². The Hall–Kier alpha value is -3.25. The molecule has 2 amide bonds. The number of carbonyl (C=O) groups excluding carboxylic acids is 2. The number of carboxylic acids is 1. The third-order valence-corrected chi connectivity index (χ3v) is 8.98. The zero-order chi connectivity index (χ0) is 27.7. The number of halogens is 3. The van der Waals surface area contributed by atoms with E-state index in [0.29, 0.717) is 34.1 Å². The lowest BCUT2D eigenvalue weighted by Gasteiger charge is -2.33. The second-order valence-electron chi connectivity index (χ2n) is 10.0. The summed E-state index contributed by atoms with van der Waals surface area (Å²) in [5, 5.41) is 14.4. The zero-order valence-corrected chi connectivity index (χ0v) is 22.4. The van der Waals surface area contributed by atoms with Crippen molar-refractivity contribution in [3.05, 3.63) is 51.8 Å². The Balaban J connectivity index is 1.37. The van der Waals surface area contributed by atoms with E-state index in [9.17, 15) is 32.7 Å². The molecule has 2 aliphatic rings. The highest BCUT2D eigenvalue weighted by atomic mass is 32.1. The summed E-state index contributed by atoms with van der Waals surface area (Å²) < 4.78 is 39.4. The molecular weight excluding hydrogens is 551 g/mol. The SMILES string of the molecule is O=C(Nc1ccc(-c2cc(N(CC3CC3)C(=O)C3CCC(C(F)(F)F)CC3)c(C(=O)O)s2)cc1)c1cscn1. The Kier molecular flexibility index (Phi) is 7.77. The van der Waals surface area contributed by atoms with Crippen molar-refractivity contribution in [3.8, 4) is 10.4 Å². The molecule has 0 saturated heterocycles. The van der Waals surface area contributed by atoms with Gasteiger partial charge in [0.25, 0.3) is 5.91 Å². The summed E-state index contributed by atoms with van der Waals surface area (Å²) in [7, 11) is 0. The lowest BCUT2D eigenvalue weighted by molar-refractivity contribution is -0.184. The van der Waals surface area contributed by atoms with Crippen LogP contribution in [0.1, 0.15) is 58.7 Å². The van der Waals surface area contributed by atoms with Crippen molar-refractivity contribution >= 4 is 51.8 Å². The van der Waals surface area contributed by atoms with E-state index in [-0.39, 0.29) is 48.3 Å². The molecule has 0 spiro atoms. The van der Waals surface area contributed by atoms with Crippen LogP contribution in [-0.4, -0.2) is 40.6 Å². The summed E-state index contributed by atoms with van der Waals surface area (Å²) >= 11 is 2.36. The van der Waals surface area contributed by atoms with Gasteiger partial charge in [0.2, 0.25) is 5.91 Å². The highest BCUT2D eigenvalue weighted by Crippen LogP contribution is 2.43. The number of amides is 2. The number of hydrogen-bond acceptors (Lipinski definition) is 6. The van der Waals surface area contributed by atoms with Gasteiger partial charge in [-0.15, -0.1) is 22.7 Å². The number of nitrogens with one attached hydrogen (secondary N) is 1. The first kappa shape index (κ1) is 27.3. The van der Waals surface area contributed by atoms with Crippen molar-refractivity contribution in [2.24, 2.45) is 17.8 Å². The maximum Gasteiger partial charge on any atom is 0.391 e. The minimum atomic E-state index is -4.26. The molecule has 2 saturated carbocycles. The summed E-state index contributed by atoms with van der Waals surface area (Å²) in [6.45, 7) is 0.357. The Morgan fingerprint density at radius 1 is 1.05 bits per heavy atom. The van der Waals surface area contributed by atoms with Gasteiger partial charge in [-0.05, 0) is 68.2 Å². The Bertz CT molecular complexity index is 1340. The Labute approximate surface area is 230 Å². The predicted molar refractivity (Wildman–Crippen MR) is 143 cm³/mol. The molecule has 12 heteroatoms. The van der Waals surface area contributed by atoms with Gasteiger partial charge in [-0.2, -0.15) is 13.2 Å². The first-order valence-corrected chi connectivity index (χ1v) is 14.4. The second kappa shape index (κ2) is 11.1. The number of thiophene rings is 1. The van der Waals surface area contributed by atoms with Gasteiger partial charge < -0.3 is 15.3 Å². The Morgan fingerprint density at radius 2 is 1.74 bits per heavy atom. The molecule has 2 N–H and O–H groups in total. The molecule has 3 aromatic rings. The molecule has 1 aromatic carbocycles. The van der Waals surface area contributed by atoms with Gasteiger partial charge in [0, 0.05) is 28.4 Å². The molecule has 0 unspecified atom stereocenters. The largest absolute Gasteiger partial charge is 0.477 e. The van der Waals surface area contributed by atoms with Crippen LogP contribution in [0.3, 0.4) is 0 Å². The van der Waals surface area contributed by atoms with Crippen LogP contribution in [-0.2, 0) is 4.79 Å². The van der Waals surface area contributed by atoms with Crippen LogP contribution in [0, 0.1) is 17.8 Å². The van der Waals surface area contributed by atoms with Crippen LogP contribution in [0.25, 0.3) is 10.4 Å². The summed E-state index contributed by atoms with van der Waals surface area (Å²) in [5.74, 6) is -3.50. The molecule has 2 fully saturated rings. The summed E-state index contributed by atoms with van der Waals surface area (Å²) in [6.07, 6.45) is -2.32. The number of alkyl halides is 3. The number of rotatable bonds is 8. The van der Waals surface area contributed by atoms with Crippen LogP contribution in [0.15, 0.2) is 41.2 Å². The first-order valence-electron chi connectivity index (χ1n) is 12.7. The molecule has 0 aliphatic heterocycles. The third-order valence-electron chi connectivity index (χ3n) is 7.23. The number of benzene rings is 1. The molecule has 2 heterocycles. The van der Waals surface area contributed by atoms with Gasteiger partial charge >= 0.3 is 12.1 Å². The van der Waals surface area contributed by atoms with Crippen molar-refractivity contribution < 1.29 is 32.7 Å². The van der Waals surface area contributed by atoms with Gasteiger partial charge in [0.15, 0.2) is 0 Å².